The quantitative estimate of drug-likeness (QED) is 0.0123. The molecule has 2 heterocycles. The summed E-state index contributed by atoms with van der Waals surface area (Å²) in [5, 5.41) is 18.5. The van der Waals surface area contributed by atoms with Crippen molar-refractivity contribution < 1.29 is 151 Å². The number of aromatic nitrogens is 6. The normalized spacial score (nSPS) is 21.7. The average Bonchev–Trinajstić information content (AvgIpc) is 1.88. The van der Waals surface area contributed by atoms with Crippen molar-refractivity contribution in [2.75, 3.05) is 26.3 Å². The first-order valence-corrected chi connectivity index (χ1v) is 27.1. The van der Waals surface area contributed by atoms with Crippen LogP contribution in [0, 0.1) is 12.3 Å². The van der Waals surface area contributed by atoms with Gasteiger partial charge in [-0.05, 0) is 21.5 Å². The van der Waals surface area contributed by atoms with Crippen LogP contribution >= 0.6 is 14.1 Å². The summed E-state index contributed by atoms with van der Waals surface area (Å²) in [6.07, 6.45) is -109. The Labute approximate surface area is 514 Å². The molecule has 2 aromatic rings. The summed E-state index contributed by atoms with van der Waals surface area (Å²) < 4.78 is 416. The minimum absolute atomic E-state index is 0.137. The van der Waals surface area contributed by atoms with Gasteiger partial charge in [-0.15, -0.1) is 26.2 Å². The van der Waals surface area contributed by atoms with Gasteiger partial charge in [-0.25, -0.2) is 132 Å². The maximum Gasteiger partial charge on any atom is 0.0522 e. The molecule has 0 saturated heterocycles. The fourth-order valence-electron chi connectivity index (χ4n) is 6.44. The predicted molar refractivity (Wildman–Crippen MR) is 264 cm³/mol. The number of nitrogens with zero attached hydrogens (tertiary/aromatic N) is 12. The number of azide groups is 2. The Morgan fingerprint density at radius 1 is 0.407 bits per heavy atom. The molecule has 0 fully saturated rings. The molecule has 91 heavy (non-hydrogen) atoms. The molecule has 0 spiro atoms. The maximum atomic E-state index is 14.6. The van der Waals surface area contributed by atoms with E-state index in [0.29, 0.717) is 26.3 Å². The summed E-state index contributed by atoms with van der Waals surface area (Å²) in [6.45, 7) is 1.36. The van der Waals surface area contributed by atoms with Crippen molar-refractivity contribution in [3.05, 3.63) is 44.7 Å². The van der Waals surface area contributed by atoms with Crippen molar-refractivity contribution in [3.8, 4) is 12.3 Å². The van der Waals surface area contributed by atoms with Gasteiger partial charge in [0.25, 0.3) is 0 Å². The Morgan fingerprint density at radius 2 is 0.615 bits per heavy atom. The summed E-state index contributed by atoms with van der Waals surface area (Å²) in [5.41, 5.74) is 13.0. The third-order valence-electron chi connectivity index (χ3n) is 11.7. The molecule has 0 aliphatic heterocycles. The molecule has 48 heteroatoms. The second-order valence-corrected chi connectivity index (χ2v) is 17.9. The van der Waals surface area contributed by atoms with E-state index in [0.717, 1.165) is 5.92 Å². The molecule has 30 unspecified atom stereocenters. The van der Waals surface area contributed by atoms with Gasteiger partial charge in [0, 0.05) is 22.9 Å². The first-order valence-electron chi connectivity index (χ1n) is 24.8. The minimum Gasteiger partial charge on any atom is -0.381 e. The van der Waals surface area contributed by atoms with E-state index in [1.54, 1.807) is 0 Å². The summed E-state index contributed by atoms with van der Waals surface area (Å²) in [7, 11) is 14.0. The minimum atomic E-state index is -4.12. The number of hydrogen-bond acceptors (Lipinski definition) is 7. The standard InChI is InChI=1S/C26H26B2F20N6.C13H13BF10.C4H8N6O.BrH.Cu/c27-1-5(29)9(31)13(35)17(39)21(43)25(47)23(45)19(41)15(37)11(33)7-3-53(51-49-7)54-4-8(50-52-54)12(34)16(38)20(42)24(46)26(48)22(44)18(40)14(36)10(32)6(30)2-28;1-2-4(15)6(17)8(19)10(21)12(23)13(24)11(22)9(20)7(18)5(16)3-14;5-9-7-1-3-11-4-2-8-10-6;;/h3-6,9-26H,1-2H2;1,4-13H,3H2;1-4H2;1H;/q;;;;+1/p-1. The number of terminal acetylenes is 1. The van der Waals surface area contributed by atoms with E-state index >= 15 is 0 Å². The zero-order valence-electron chi connectivity index (χ0n) is 45.0. The number of ether oxygens (including phenoxy) is 1. The van der Waals surface area contributed by atoms with Gasteiger partial charge in [-0.3, -0.25) is 0 Å². The first-order chi connectivity index (χ1) is 42.5. The molecule has 6 radical (unpaired) electrons. The summed E-state index contributed by atoms with van der Waals surface area (Å²) in [5.74, 6) is 1.04. The molecule has 0 aromatic carbocycles. The Hall–Kier alpha value is -4.49. The Kier molecular flexibility index (Phi) is 43.8. The van der Waals surface area contributed by atoms with Gasteiger partial charge in [0.05, 0.1) is 49.1 Å². The molecular weight excluding hydrogens is 1450 g/mol. The third kappa shape index (κ3) is 26.7. The molecule has 0 N–H and O–H groups in total. The third-order valence-corrected chi connectivity index (χ3v) is 11.7. The molecule has 0 saturated carbocycles. The van der Waals surface area contributed by atoms with Crippen LogP contribution in [0.15, 0.2) is 22.6 Å². The van der Waals surface area contributed by atoms with Crippen LogP contribution in [0.4, 0.5) is 132 Å². The largest absolute Gasteiger partial charge is 0.381 e. The fourth-order valence-corrected chi connectivity index (χ4v) is 6.44. The molecule has 2 aromatic heterocycles. The van der Waals surface area contributed by atoms with Crippen LogP contribution in [-0.2, 0) is 18.9 Å². The zero-order chi connectivity index (χ0) is 71.1. The van der Waals surface area contributed by atoms with Crippen LogP contribution in [-0.4, -0.2) is 253 Å². The molecule has 13 nitrogen and oxygen atoms in total. The second kappa shape index (κ2) is 45.0. The van der Waals surface area contributed by atoms with Gasteiger partial charge in [0.1, 0.15) is 29.9 Å². The number of alkyl halides is 30. The number of hydrogen-bond donors (Lipinski definition) is 0. The number of rotatable bonds is 39. The Bertz CT molecular complexity index is 2300. The Morgan fingerprint density at radius 3 is 0.824 bits per heavy atom. The van der Waals surface area contributed by atoms with E-state index in [4.69, 9.17) is 15.8 Å². The topological polar surface area (TPSA) is 168 Å². The SMILES string of the molecule is [B]CC(F)C(F)C(F)C(F)C(F)C(F)C(F)C(F)C(F)C(F)C#C.[B]CC(F)C(F)C(F)C(F)C(F)C(F)C(F)C(F)C(F)C(F)c1cn(-n2cc(C(F)C(F)C(F)C(F)C(F)C(F)C(F)C(F)C(F)C(F)C[B])nn2)nn1.[Cu][Br].[N-]=[N+]=NCCOCCN=[N+]=[N-]. The molecule has 2 rings (SSSR count). The van der Waals surface area contributed by atoms with E-state index < -0.39 is 215 Å². The maximum absolute atomic E-state index is 14.6. The van der Waals surface area contributed by atoms with Gasteiger partial charge in [-0.2, -0.15) is 0 Å². The number of halogens is 31. The van der Waals surface area contributed by atoms with Crippen LogP contribution in [0.5, 0.6) is 0 Å². The molecule has 0 bridgehead atoms. The monoisotopic (exact) mass is 1490 g/mol. The fraction of sp³-hybridized carbons (Fsp3) is 0.860. The van der Waals surface area contributed by atoms with E-state index in [-0.39, 0.29) is 22.0 Å². The summed E-state index contributed by atoms with van der Waals surface area (Å²) in [6, 6.07) is 0. The van der Waals surface area contributed by atoms with E-state index in [1.165, 1.54) is 0 Å². The van der Waals surface area contributed by atoms with Crippen molar-refractivity contribution in [3.63, 3.8) is 0 Å². The molecule has 0 amide bonds. The van der Waals surface area contributed by atoms with E-state index in [9.17, 15) is 132 Å². The van der Waals surface area contributed by atoms with Crippen molar-refractivity contribution in [1.82, 2.24) is 30.2 Å². The van der Waals surface area contributed by atoms with E-state index in [2.05, 4.69) is 99.0 Å². The molecule has 0 aliphatic rings. The van der Waals surface area contributed by atoms with Gasteiger partial charge < -0.3 is 4.74 Å². The van der Waals surface area contributed by atoms with Crippen molar-refractivity contribution in [2.45, 2.75) is 204 Å². The van der Waals surface area contributed by atoms with Crippen molar-refractivity contribution in [1.29, 1.82) is 0 Å². The molecular formula is C43H47B3BrCuF30N12O. The van der Waals surface area contributed by atoms with Crippen LogP contribution in [0.1, 0.15) is 23.7 Å². The van der Waals surface area contributed by atoms with Crippen LogP contribution in [0.25, 0.3) is 20.9 Å². The first kappa shape index (κ1) is 88.6. The van der Waals surface area contributed by atoms with Gasteiger partial charge in [0.2, 0.25) is 0 Å². The van der Waals surface area contributed by atoms with Crippen molar-refractivity contribution >= 4 is 37.6 Å². The molecule has 0 aliphatic carbocycles. The van der Waals surface area contributed by atoms with Gasteiger partial charge in [-0.1, -0.05) is 35.1 Å². The van der Waals surface area contributed by atoms with Crippen LogP contribution in [0.3, 0.4) is 0 Å². The second-order valence-electron chi connectivity index (χ2n) is 17.9. The van der Waals surface area contributed by atoms with Crippen LogP contribution < -0.4 is 0 Å². The van der Waals surface area contributed by atoms with Crippen LogP contribution in [0.2, 0.25) is 19.0 Å². The van der Waals surface area contributed by atoms with Gasteiger partial charge >= 0.3 is 28.3 Å². The van der Waals surface area contributed by atoms with Crippen molar-refractivity contribution in [2.24, 2.45) is 10.2 Å². The molecule has 30 atom stereocenters. The predicted octanol–water partition coefficient (Wildman–Crippen LogP) is 12.5. The smallest absolute Gasteiger partial charge is 0.0522 e. The summed E-state index contributed by atoms with van der Waals surface area (Å²) in [4.78, 5) is 5.34. The molecule has 522 valence electrons. The van der Waals surface area contributed by atoms with E-state index in [1.807, 2.05) is 0 Å². The zero-order valence-corrected chi connectivity index (χ0v) is 47.6. The average molecular weight is 1490 g/mol. The Balaban J connectivity index is 0. The van der Waals surface area contributed by atoms with Gasteiger partial charge in [0.15, 0.2) is 167 Å². The summed E-state index contributed by atoms with van der Waals surface area (Å²) >= 11 is 6.50.